The van der Waals surface area contributed by atoms with Crippen LogP contribution in [0.1, 0.15) is 50.3 Å². The van der Waals surface area contributed by atoms with Crippen LogP contribution < -0.4 is 25.1 Å². The highest BCUT2D eigenvalue weighted by atomic mass is 79.9. The number of amides is 1. The smallest absolute Gasteiger partial charge is 0.282 e. The summed E-state index contributed by atoms with van der Waals surface area (Å²) in [6.07, 6.45) is 1.55. The number of carbonyl (C=O) groups excluding carboxylic acids is 1. The summed E-state index contributed by atoms with van der Waals surface area (Å²) in [5.41, 5.74) is 3.94. The fourth-order valence-electron chi connectivity index (χ4n) is 5.10. The van der Waals surface area contributed by atoms with E-state index in [4.69, 9.17) is 19.2 Å². The van der Waals surface area contributed by atoms with Crippen LogP contribution in [0.4, 0.5) is 10.1 Å². The molecule has 1 aromatic heterocycles. The maximum Gasteiger partial charge on any atom is 0.282 e. The van der Waals surface area contributed by atoms with Gasteiger partial charge >= 0.3 is 0 Å². The molecule has 0 fully saturated rings. The number of aryl methyl sites for hydroxylation is 1. The van der Waals surface area contributed by atoms with Gasteiger partial charge in [0.15, 0.2) is 23.9 Å². The van der Waals surface area contributed by atoms with Gasteiger partial charge in [-0.3, -0.25) is 9.59 Å². The van der Waals surface area contributed by atoms with E-state index >= 15 is 0 Å². The lowest BCUT2D eigenvalue weighted by Crippen LogP contribution is -2.21. The van der Waals surface area contributed by atoms with Crippen LogP contribution in [0.5, 0.6) is 17.2 Å². The zero-order valence-electron chi connectivity index (χ0n) is 27.3. The summed E-state index contributed by atoms with van der Waals surface area (Å²) >= 11 is 3.58. The van der Waals surface area contributed by atoms with Crippen molar-refractivity contribution in [1.29, 1.82) is 0 Å². The van der Waals surface area contributed by atoms with Crippen LogP contribution >= 0.6 is 15.9 Å². The number of halogens is 2. The molecule has 0 aliphatic rings. The molecular weight excluding hydrogens is 679 g/mol. The molecule has 48 heavy (non-hydrogen) atoms. The number of hydrogen-bond donors (Lipinski definition) is 1. The predicted molar refractivity (Wildman–Crippen MR) is 190 cm³/mol. The molecule has 11 heteroatoms. The average molecular weight is 716 g/mol. The second-order valence-corrected chi connectivity index (χ2v) is 12.1. The summed E-state index contributed by atoms with van der Waals surface area (Å²) in [5.74, 6) is 1.24. The lowest BCUT2D eigenvalue weighted by Gasteiger charge is -2.18. The number of rotatable bonds is 12. The zero-order chi connectivity index (χ0) is 34.4. The number of anilines is 1. The molecule has 9 nitrogen and oxygen atoms in total. The van der Waals surface area contributed by atoms with Crippen molar-refractivity contribution >= 4 is 44.6 Å². The maximum absolute atomic E-state index is 13.9. The second-order valence-electron chi connectivity index (χ2n) is 11.2. The SMILES string of the molecule is CCOc1cc(C=Nn2c(-c3cc(C(C)C)c(OCC)cc3C)nc3ccccc3c2=O)c(Br)cc1OCC(=O)Nc1ccc(F)cc1. The molecule has 0 saturated carbocycles. The van der Waals surface area contributed by atoms with Crippen LogP contribution in [0.3, 0.4) is 0 Å². The molecule has 1 amide bonds. The van der Waals surface area contributed by atoms with Gasteiger partial charge in [0.1, 0.15) is 11.6 Å². The molecule has 5 aromatic rings. The fraction of sp³-hybridized carbons (Fsp3) is 0.243. The zero-order valence-corrected chi connectivity index (χ0v) is 28.9. The number of nitrogens with zero attached hydrogens (tertiary/aromatic N) is 3. The molecular formula is C37H36BrFN4O5. The standard InChI is InChI=1S/C37H36BrFN4O5/c1-6-46-32-16-23(5)29(18-28(32)22(3)4)36-42-31-11-9-8-10-27(31)37(45)43(36)40-20-24-17-33(47-7-2)34(19-30(24)38)48-21-35(44)41-26-14-12-25(39)13-15-26/h8-20,22H,6-7,21H2,1-5H3,(H,41,44). The third-order valence-corrected chi connectivity index (χ3v) is 8.12. The molecule has 0 atom stereocenters. The van der Waals surface area contributed by atoms with E-state index in [2.05, 4.69) is 40.2 Å². The van der Waals surface area contributed by atoms with Gasteiger partial charge in [0.25, 0.3) is 11.5 Å². The predicted octanol–water partition coefficient (Wildman–Crippen LogP) is 8.09. The van der Waals surface area contributed by atoms with E-state index in [1.54, 1.807) is 30.5 Å². The monoisotopic (exact) mass is 714 g/mol. The van der Waals surface area contributed by atoms with Gasteiger partial charge in [-0.05, 0) is 114 Å². The number of para-hydroxylation sites is 1. The van der Waals surface area contributed by atoms with Gasteiger partial charge in [0.2, 0.25) is 0 Å². The van der Waals surface area contributed by atoms with E-state index in [1.807, 2.05) is 45.0 Å². The van der Waals surface area contributed by atoms with Crippen molar-refractivity contribution in [2.75, 3.05) is 25.1 Å². The first-order valence-electron chi connectivity index (χ1n) is 15.6. The van der Waals surface area contributed by atoms with Gasteiger partial charge in [-0.1, -0.05) is 26.0 Å². The van der Waals surface area contributed by atoms with Crippen molar-refractivity contribution in [3.05, 3.63) is 110 Å². The Morgan fingerprint density at radius 1 is 0.979 bits per heavy atom. The Bertz CT molecular complexity index is 2040. The van der Waals surface area contributed by atoms with Gasteiger partial charge in [-0.2, -0.15) is 9.78 Å². The van der Waals surface area contributed by atoms with E-state index in [0.717, 1.165) is 22.4 Å². The summed E-state index contributed by atoms with van der Waals surface area (Å²) < 4.78 is 32.7. The van der Waals surface area contributed by atoms with E-state index in [1.165, 1.54) is 28.9 Å². The Labute approximate surface area is 286 Å². The van der Waals surface area contributed by atoms with Crippen LogP contribution in [-0.2, 0) is 4.79 Å². The van der Waals surface area contributed by atoms with Crippen molar-refractivity contribution < 1.29 is 23.4 Å². The number of ether oxygens (including phenoxy) is 3. The summed E-state index contributed by atoms with van der Waals surface area (Å²) in [5, 5.41) is 7.76. The minimum absolute atomic E-state index is 0.165. The van der Waals surface area contributed by atoms with E-state index in [-0.39, 0.29) is 18.1 Å². The van der Waals surface area contributed by atoms with Crippen molar-refractivity contribution in [2.24, 2.45) is 5.10 Å². The lowest BCUT2D eigenvalue weighted by atomic mass is 9.96. The molecule has 0 bridgehead atoms. The van der Waals surface area contributed by atoms with Crippen molar-refractivity contribution in [3.8, 4) is 28.6 Å². The number of carbonyl (C=O) groups is 1. The Hall–Kier alpha value is -5.03. The number of fused-ring (bicyclic) bond motifs is 1. The van der Waals surface area contributed by atoms with Crippen LogP contribution in [0, 0.1) is 12.7 Å². The topological polar surface area (TPSA) is 104 Å². The highest BCUT2D eigenvalue weighted by Gasteiger charge is 2.19. The Balaban J connectivity index is 1.52. The summed E-state index contributed by atoms with van der Waals surface area (Å²) in [6.45, 7) is 10.5. The maximum atomic E-state index is 13.9. The first-order valence-corrected chi connectivity index (χ1v) is 16.4. The molecule has 0 unspecified atom stereocenters. The van der Waals surface area contributed by atoms with Gasteiger partial charge in [0, 0.05) is 21.3 Å². The average Bonchev–Trinajstić information content (AvgIpc) is 3.06. The summed E-state index contributed by atoms with van der Waals surface area (Å²) in [7, 11) is 0. The Morgan fingerprint density at radius 2 is 1.67 bits per heavy atom. The second kappa shape index (κ2) is 15.2. The van der Waals surface area contributed by atoms with E-state index < -0.39 is 11.7 Å². The highest BCUT2D eigenvalue weighted by Crippen LogP contribution is 2.35. The van der Waals surface area contributed by atoms with Crippen LogP contribution in [-0.4, -0.2) is 41.6 Å². The summed E-state index contributed by atoms with van der Waals surface area (Å²) in [6, 6.07) is 20.0. The molecule has 5 rings (SSSR count). The van der Waals surface area contributed by atoms with Crippen molar-refractivity contribution in [1.82, 2.24) is 9.66 Å². The molecule has 0 radical (unpaired) electrons. The van der Waals surface area contributed by atoms with Crippen LogP contribution in [0.2, 0.25) is 0 Å². The lowest BCUT2D eigenvalue weighted by molar-refractivity contribution is -0.118. The number of nitrogens with one attached hydrogen (secondary N) is 1. The number of benzene rings is 4. The number of aromatic nitrogens is 2. The molecule has 1 heterocycles. The third-order valence-electron chi connectivity index (χ3n) is 7.44. The van der Waals surface area contributed by atoms with Gasteiger partial charge < -0.3 is 19.5 Å². The highest BCUT2D eigenvalue weighted by molar-refractivity contribution is 9.10. The summed E-state index contributed by atoms with van der Waals surface area (Å²) in [4.78, 5) is 31.3. The number of hydrogen-bond acceptors (Lipinski definition) is 7. The normalized spacial score (nSPS) is 11.3. The molecule has 0 aliphatic heterocycles. The van der Waals surface area contributed by atoms with Gasteiger partial charge in [-0.25, -0.2) is 9.37 Å². The molecule has 0 spiro atoms. The van der Waals surface area contributed by atoms with Crippen molar-refractivity contribution in [3.63, 3.8) is 0 Å². The minimum atomic E-state index is -0.424. The fourth-order valence-corrected chi connectivity index (χ4v) is 5.53. The minimum Gasteiger partial charge on any atom is -0.494 e. The first-order chi connectivity index (χ1) is 23.1. The van der Waals surface area contributed by atoms with E-state index in [0.29, 0.717) is 57.2 Å². The molecule has 0 aliphatic carbocycles. The Morgan fingerprint density at radius 3 is 2.38 bits per heavy atom. The molecule has 1 N–H and O–H groups in total. The molecule has 248 valence electrons. The van der Waals surface area contributed by atoms with Gasteiger partial charge in [0.05, 0.1) is 30.3 Å². The first kappa shape index (κ1) is 34.3. The van der Waals surface area contributed by atoms with Crippen molar-refractivity contribution in [2.45, 2.75) is 40.5 Å². The molecule has 0 saturated heterocycles. The van der Waals surface area contributed by atoms with E-state index in [9.17, 15) is 14.0 Å². The molecule has 4 aromatic carbocycles. The van der Waals surface area contributed by atoms with Crippen LogP contribution in [0.15, 0.2) is 87.2 Å². The van der Waals surface area contributed by atoms with Crippen LogP contribution in [0.25, 0.3) is 22.3 Å². The largest absolute Gasteiger partial charge is 0.494 e. The Kier molecular flexibility index (Phi) is 10.9. The third kappa shape index (κ3) is 7.74. The quantitative estimate of drug-likeness (QED) is 0.131. The van der Waals surface area contributed by atoms with Gasteiger partial charge in [-0.15, -0.1) is 0 Å².